The number of nitrogens with zero attached hydrogens (tertiary/aromatic N) is 3. The van der Waals surface area contributed by atoms with Crippen LogP contribution in [0.3, 0.4) is 0 Å². The summed E-state index contributed by atoms with van der Waals surface area (Å²) in [6, 6.07) is 1.77. The lowest BCUT2D eigenvalue weighted by molar-refractivity contribution is 0.253. The summed E-state index contributed by atoms with van der Waals surface area (Å²) in [5.74, 6) is 0.532. The molecular formula is C9H14ClN3O. The van der Waals surface area contributed by atoms with Gasteiger partial charge in [-0.2, -0.15) is 4.98 Å². The predicted molar refractivity (Wildman–Crippen MR) is 55.8 cm³/mol. The van der Waals surface area contributed by atoms with Crippen molar-refractivity contribution in [1.82, 2.24) is 14.9 Å². The third kappa shape index (κ3) is 3.89. The molecule has 1 aromatic rings. The smallest absolute Gasteiger partial charge is 0.225 e. The Morgan fingerprint density at radius 2 is 2.14 bits per heavy atom. The van der Waals surface area contributed by atoms with E-state index in [0.29, 0.717) is 12.5 Å². The monoisotopic (exact) mass is 215 g/mol. The summed E-state index contributed by atoms with van der Waals surface area (Å²) in [4.78, 5) is 9.92. The van der Waals surface area contributed by atoms with Crippen LogP contribution in [0.4, 0.5) is 0 Å². The van der Waals surface area contributed by atoms with E-state index in [1.165, 1.54) is 0 Å². The molecule has 0 spiro atoms. The van der Waals surface area contributed by atoms with E-state index < -0.39 is 0 Å². The van der Waals surface area contributed by atoms with Crippen LogP contribution in [0.1, 0.15) is 5.69 Å². The Labute approximate surface area is 88.9 Å². The summed E-state index contributed by atoms with van der Waals surface area (Å²) in [5, 5.41) is 0.227. The number of halogens is 1. The topological polar surface area (TPSA) is 38.2 Å². The van der Waals surface area contributed by atoms with Gasteiger partial charge in [0, 0.05) is 18.3 Å². The number of aromatic nitrogens is 2. The van der Waals surface area contributed by atoms with Crippen molar-refractivity contribution in [3.63, 3.8) is 0 Å². The van der Waals surface area contributed by atoms with Crippen LogP contribution in [-0.4, -0.2) is 42.1 Å². The first kappa shape index (κ1) is 11.2. The maximum absolute atomic E-state index is 5.68. The molecule has 0 saturated carbocycles. The average Bonchev–Trinajstić information content (AvgIpc) is 2.01. The first-order valence-electron chi connectivity index (χ1n) is 4.36. The van der Waals surface area contributed by atoms with E-state index in [1.807, 2.05) is 25.9 Å². The summed E-state index contributed by atoms with van der Waals surface area (Å²) in [5.41, 5.74) is 0.810. The number of aryl methyl sites for hydroxylation is 1. The Kier molecular flexibility index (Phi) is 4.10. The molecule has 0 N–H and O–H groups in total. The second kappa shape index (κ2) is 5.12. The lowest BCUT2D eigenvalue weighted by Gasteiger charge is -2.10. The van der Waals surface area contributed by atoms with Crippen LogP contribution in [0.5, 0.6) is 5.88 Å². The minimum atomic E-state index is 0.227. The van der Waals surface area contributed by atoms with Gasteiger partial charge in [0.15, 0.2) is 0 Å². The largest absolute Gasteiger partial charge is 0.476 e. The molecule has 0 bridgehead atoms. The first-order chi connectivity index (χ1) is 6.58. The van der Waals surface area contributed by atoms with E-state index in [-0.39, 0.29) is 5.28 Å². The molecule has 0 saturated heterocycles. The van der Waals surface area contributed by atoms with E-state index in [9.17, 15) is 0 Å². The molecule has 0 aliphatic rings. The molecule has 5 heteroatoms. The van der Waals surface area contributed by atoms with Crippen LogP contribution in [0.2, 0.25) is 5.28 Å². The van der Waals surface area contributed by atoms with Crippen molar-refractivity contribution in [1.29, 1.82) is 0 Å². The van der Waals surface area contributed by atoms with Crippen molar-refractivity contribution in [3.8, 4) is 5.88 Å². The van der Waals surface area contributed by atoms with Crippen molar-refractivity contribution in [2.24, 2.45) is 0 Å². The van der Waals surface area contributed by atoms with Gasteiger partial charge in [0.2, 0.25) is 11.2 Å². The van der Waals surface area contributed by atoms with Crippen molar-refractivity contribution >= 4 is 11.6 Å². The number of likely N-dealkylation sites (N-methyl/N-ethyl adjacent to an activating group) is 1. The maximum atomic E-state index is 5.68. The molecular weight excluding hydrogens is 202 g/mol. The van der Waals surface area contributed by atoms with Crippen molar-refractivity contribution in [2.45, 2.75) is 6.92 Å². The third-order valence-electron chi connectivity index (χ3n) is 1.59. The summed E-state index contributed by atoms with van der Waals surface area (Å²) in [7, 11) is 3.98. The van der Waals surface area contributed by atoms with Gasteiger partial charge < -0.3 is 9.64 Å². The Hall–Kier alpha value is -0.870. The van der Waals surface area contributed by atoms with Gasteiger partial charge >= 0.3 is 0 Å². The molecule has 0 unspecified atom stereocenters. The highest BCUT2D eigenvalue weighted by molar-refractivity contribution is 6.28. The van der Waals surface area contributed by atoms with E-state index >= 15 is 0 Å². The molecule has 0 atom stereocenters. The zero-order valence-corrected chi connectivity index (χ0v) is 9.38. The molecule has 1 rings (SSSR count). The molecule has 0 amide bonds. The highest BCUT2D eigenvalue weighted by atomic mass is 35.5. The van der Waals surface area contributed by atoms with Crippen LogP contribution in [0.25, 0.3) is 0 Å². The van der Waals surface area contributed by atoms with Crippen LogP contribution < -0.4 is 4.74 Å². The van der Waals surface area contributed by atoms with Gasteiger partial charge in [-0.15, -0.1) is 0 Å². The molecule has 4 nitrogen and oxygen atoms in total. The zero-order chi connectivity index (χ0) is 10.6. The number of ether oxygens (including phenoxy) is 1. The second-order valence-electron chi connectivity index (χ2n) is 3.27. The van der Waals surface area contributed by atoms with Crippen LogP contribution in [0.15, 0.2) is 6.07 Å². The summed E-state index contributed by atoms with van der Waals surface area (Å²) in [6.07, 6.45) is 0. The molecule has 0 fully saturated rings. The minimum Gasteiger partial charge on any atom is -0.476 e. The fourth-order valence-corrected chi connectivity index (χ4v) is 1.13. The molecule has 1 aromatic heterocycles. The Balaban J connectivity index is 2.50. The minimum absolute atomic E-state index is 0.227. The summed E-state index contributed by atoms with van der Waals surface area (Å²) in [6.45, 7) is 3.30. The molecule has 0 radical (unpaired) electrons. The molecule has 14 heavy (non-hydrogen) atoms. The standard InChI is InChI=1S/C9H14ClN3O/c1-7-6-8(12-9(10)11-7)14-5-4-13(2)3/h6H,4-5H2,1-3H3. The first-order valence-corrected chi connectivity index (χ1v) is 4.74. The van der Waals surface area contributed by atoms with Gasteiger partial charge in [-0.25, -0.2) is 4.98 Å². The fourth-order valence-electron chi connectivity index (χ4n) is 0.911. The molecule has 0 aliphatic heterocycles. The Bertz CT molecular complexity index is 284. The van der Waals surface area contributed by atoms with Gasteiger partial charge in [-0.1, -0.05) is 0 Å². The normalized spacial score (nSPS) is 10.6. The molecule has 0 aliphatic carbocycles. The summed E-state index contributed by atoms with van der Waals surface area (Å²) >= 11 is 5.68. The molecule has 78 valence electrons. The van der Waals surface area contributed by atoms with Crippen LogP contribution in [0, 0.1) is 6.92 Å². The highest BCUT2D eigenvalue weighted by Crippen LogP contribution is 2.11. The Morgan fingerprint density at radius 3 is 2.71 bits per heavy atom. The number of hydrogen-bond donors (Lipinski definition) is 0. The fraction of sp³-hybridized carbons (Fsp3) is 0.556. The van der Waals surface area contributed by atoms with Crippen molar-refractivity contribution < 1.29 is 4.74 Å². The van der Waals surface area contributed by atoms with Gasteiger partial charge in [0.05, 0.1) is 0 Å². The highest BCUT2D eigenvalue weighted by Gasteiger charge is 2.00. The SMILES string of the molecule is Cc1cc(OCCN(C)C)nc(Cl)n1. The van der Waals surface area contributed by atoms with E-state index in [2.05, 4.69) is 9.97 Å². The van der Waals surface area contributed by atoms with Gasteiger partial charge in [0.25, 0.3) is 0 Å². The average molecular weight is 216 g/mol. The van der Waals surface area contributed by atoms with Gasteiger partial charge in [-0.3, -0.25) is 0 Å². The number of rotatable bonds is 4. The lowest BCUT2D eigenvalue weighted by atomic mass is 10.4. The molecule has 0 aromatic carbocycles. The lowest BCUT2D eigenvalue weighted by Crippen LogP contribution is -2.19. The van der Waals surface area contributed by atoms with Crippen molar-refractivity contribution in [2.75, 3.05) is 27.2 Å². The van der Waals surface area contributed by atoms with Crippen LogP contribution in [-0.2, 0) is 0 Å². The maximum Gasteiger partial charge on any atom is 0.225 e. The third-order valence-corrected chi connectivity index (χ3v) is 1.76. The predicted octanol–water partition coefficient (Wildman–Crippen LogP) is 1.38. The van der Waals surface area contributed by atoms with E-state index in [0.717, 1.165) is 12.2 Å². The summed E-state index contributed by atoms with van der Waals surface area (Å²) < 4.78 is 5.40. The van der Waals surface area contributed by atoms with Crippen LogP contribution >= 0.6 is 11.6 Å². The Morgan fingerprint density at radius 1 is 1.43 bits per heavy atom. The van der Waals surface area contributed by atoms with Gasteiger partial charge in [0.1, 0.15) is 6.61 Å². The zero-order valence-electron chi connectivity index (χ0n) is 8.62. The quantitative estimate of drug-likeness (QED) is 0.712. The van der Waals surface area contributed by atoms with Crippen molar-refractivity contribution in [3.05, 3.63) is 17.0 Å². The van der Waals surface area contributed by atoms with E-state index in [1.54, 1.807) is 6.07 Å². The van der Waals surface area contributed by atoms with E-state index in [4.69, 9.17) is 16.3 Å². The second-order valence-corrected chi connectivity index (χ2v) is 3.61. The molecule has 1 heterocycles. The van der Waals surface area contributed by atoms with Gasteiger partial charge in [-0.05, 0) is 32.6 Å². The number of hydrogen-bond acceptors (Lipinski definition) is 4.